The Hall–Kier alpha value is -1.44. The number of nitrogens with one attached hydrogen (secondary N) is 1. The van der Waals surface area contributed by atoms with E-state index in [1.54, 1.807) is 11.3 Å². The molecule has 1 aromatic heterocycles. The lowest BCUT2D eigenvalue weighted by atomic mass is 10.1. The second-order valence-electron chi connectivity index (χ2n) is 6.11. The molecule has 0 unspecified atom stereocenters. The predicted octanol–water partition coefficient (Wildman–Crippen LogP) is 4.18. The summed E-state index contributed by atoms with van der Waals surface area (Å²) in [6, 6.07) is 4.86. The van der Waals surface area contributed by atoms with E-state index in [0.717, 1.165) is 31.6 Å². The summed E-state index contributed by atoms with van der Waals surface area (Å²) in [5.74, 6) is -0.856. The van der Waals surface area contributed by atoms with Gasteiger partial charge < -0.3 is 5.32 Å². The van der Waals surface area contributed by atoms with Crippen molar-refractivity contribution in [3.63, 3.8) is 0 Å². The van der Waals surface area contributed by atoms with Crippen LogP contribution in [0.5, 0.6) is 0 Å². The molecular formula is C17H18F4N2S. The van der Waals surface area contributed by atoms with E-state index in [-0.39, 0.29) is 6.54 Å². The molecule has 0 bridgehead atoms. The lowest BCUT2D eigenvalue weighted by molar-refractivity contribution is -0.137. The van der Waals surface area contributed by atoms with Gasteiger partial charge in [-0.1, -0.05) is 0 Å². The molecule has 0 saturated carbocycles. The topological polar surface area (TPSA) is 15.3 Å². The lowest BCUT2D eigenvalue weighted by Gasteiger charge is -2.17. The van der Waals surface area contributed by atoms with Crippen LogP contribution in [0.1, 0.15) is 26.4 Å². The van der Waals surface area contributed by atoms with E-state index in [9.17, 15) is 17.6 Å². The van der Waals surface area contributed by atoms with Gasteiger partial charge in [-0.2, -0.15) is 13.2 Å². The summed E-state index contributed by atoms with van der Waals surface area (Å²) in [4.78, 5) is 4.46. The van der Waals surface area contributed by atoms with Crippen molar-refractivity contribution in [3.8, 4) is 0 Å². The van der Waals surface area contributed by atoms with Gasteiger partial charge in [0.2, 0.25) is 0 Å². The number of hydrogen-bond acceptors (Lipinski definition) is 3. The molecule has 1 aliphatic rings. The standard InChI is InChI=1S/C17H18F4N2S/c1-23(10-15-6-12-8-22-3-2-16(12)24-15)9-11-4-13(17(19,20)21)7-14(18)5-11/h4-7,22H,2-3,8-10H2,1H3. The fourth-order valence-corrected chi connectivity index (χ4v) is 4.20. The summed E-state index contributed by atoms with van der Waals surface area (Å²) in [6.07, 6.45) is -3.52. The molecule has 7 heteroatoms. The summed E-state index contributed by atoms with van der Waals surface area (Å²) in [6.45, 7) is 2.75. The zero-order valence-corrected chi connectivity index (χ0v) is 14.0. The highest BCUT2D eigenvalue weighted by atomic mass is 32.1. The van der Waals surface area contributed by atoms with Crippen LogP contribution >= 0.6 is 11.3 Å². The van der Waals surface area contributed by atoms with Crippen LogP contribution in [0, 0.1) is 5.82 Å². The molecule has 0 radical (unpaired) electrons. The maximum atomic E-state index is 13.5. The number of benzene rings is 1. The average Bonchev–Trinajstić information content (AvgIpc) is 2.87. The van der Waals surface area contributed by atoms with Gasteiger partial charge in [-0.15, -0.1) is 11.3 Å². The minimum Gasteiger partial charge on any atom is -0.312 e. The van der Waals surface area contributed by atoms with Gasteiger partial charge in [0.25, 0.3) is 0 Å². The van der Waals surface area contributed by atoms with Crippen molar-refractivity contribution >= 4 is 11.3 Å². The zero-order valence-electron chi connectivity index (χ0n) is 13.2. The second-order valence-corrected chi connectivity index (χ2v) is 7.33. The van der Waals surface area contributed by atoms with Crippen LogP contribution in [0.4, 0.5) is 17.6 Å². The monoisotopic (exact) mass is 358 g/mol. The average molecular weight is 358 g/mol. The predicted molar refractivity (Wildman–Crippen MR) is 86.3 cm³/mol. The molecule has 0 spiro atoms. The maximum Gasteiger partial charge on any atom is 0.416 e. The van der Waals surface area contributed by atoms with Crippen molar-refractivity contribution < 1.29 is 17.6 Å². The highest BCUT2D eigenvalue weighted by molar-refractivity contribution is 7.12. The van der Waals surface area contributed by atoms with Crippen molar-refractivity contribution in [1.29, 1.82) is 0 Å². The van der Waals surface area contributed by atoms with Gasteiger partial charge in [0.15, 0.2) is 0 Å². The van der Waals surface area contributed by atoms with E-state index in [1.165, 1.54) is 15.3 Å². The molecule has 2 nitrogen and oxygen atoms in total. The Kier molecular flexibility index (Phi) is 4.94. The Bertz CT molecular complexity index is 700. The number of alkyl halides is 3. The molecule has 0 aliphatic carbocycles. The largest absolute Gasteiger partial charge is 0.416 e. The molecule has 0 amide bonds. The number of hydrogen-bond donors (Lipinski definition) is 1. The molecule has 3 rings (SSSR count). The third-order valence-corrected chi connectivity index (χ3v) is 5.18. The number of rotatable bonds is 4. The quantitative estimate of drug-likeness (QED) is 0.825. The van der Waals surface area contributed by atoms with E-state index < -0.39 is 17.6 Å². The number of nitrogens with zero attached hydrogens (tertiary/aromatic N) is 1. The molecule has 2 aromatic rings. The smallest absolute Gasteiger partial charge is 0.312 e. The summed E-state index contributed by atoms with van der Waals surface area (Å²) in [7, 11) is 1.83. The van der Waals surface area contributed by atoms with Gasteiger partial charge in [-0.05, 0) is 48.9 Å². The van der Waals surface area contributed by atoms with Crippen molar-refractivity contribution in [1.82, 2.24) is 10.2 Å². The summed E-state index contributed by atoms with van der Waals surface area (Å²) in [5.41, 5.74) is 0.691. The highest BCUT2D eigenvalue weighted by Gasteiger charge is 2.31. The fraction of sp³-hybridized carbons (Fsp3) is 0.412. The van der Waals surface area contributed by atoms with Crippen molar-refractivity contribution in [2.45, 2.75) is 32.2 Å². The summed E-state index contributed by atoms with van der Waals surface area (Å²) >= 11 is 1.75. The Morgan fingerprint density at radius 1 is 1.17 bits per heavy atom. The van der Waals surface area contributed by atoms with E-state index in [1.807, 2.05) is 11.9 Å². The first-order chi connectivity index (χ1) is 11.3. The summed E-state index contributed by atoms with van der Waals surface area (Å²) in [5, 5.41) is 3.32. The van der Waals surface area contributed by atoms with Gasteiger partial charge in [0.05, 0.1) is 5.56 Å². The third-order valence-electron chi connectivity index (χ3n) is 3.96. The molecule has 1 aliphatic heterocycles. The minimum atomic E-state index is -4.53. The first kappa shape index (κ1) is 17.4. The molecular weight excluding hydrogens is 340 g/mol. The zero-order chi connectivity index (χ0) is 17.3. The first-order valence-electron chi connectivity index (χ1n) is 7.67. The van der Waals surface area contributed by atoms with Crippen molar-refractivity contribution in [3.05, 3.63) is 56.5 Å². The van der Waals surface area contributed by atoms with Crippen LogP contribution in [0.2, 0.25) is 0 Å². The number of fused-ring (bicyclic) bond motifs is 1. The molecule has 0 atom stereocenters. The SMILES string of the molecule is CN(Cc1cc(F)cc(C(F)(F)F)c1)Cc1cc2c(s1)CCNC2. The Labute approximate surface area is 142 Å². The van der Waals surface area contributed by atoms with E-state index >= 15 is 0 Å². The summed E-state index contributed by atoms with van der Waals surface area (Å²) < 4.78 is 51.8. The van der Waals surface area contributed by atoms with E-state index in [4.69, 9.17) is 0 Å². The number of halogens is 4. The lowest BCUT2D eigenvalue weighted by Crippen LogP contribution is -2.21. The van der Waals surface area contributed by atoms with Gasteiger partial charge in [0.1, 0.15) is 5.82 Å². The van der Waals surface area contributed by atoms with Gasteiger partial charge in [-0.25, -0.2) is 4.39 Å². The molecule has 0 saturated heterocycles. The number of thiophene rings is 1. The Balaban J connectivity index is 1.69. The van der Waals surface area contributed by atoms with Gasteiger partial charge in [-0.3, -0.25) is 4.90 Å². The van der Waals surface area contributed by atoms with Crippen LogP contribution in [-0.4, -0.2) is 18.5 Å². The van der Waals surface area contributed by atoms with E-state index in [0.29, 0.717) is 18.2 Å². The molecule has 24 heavy (non-hydrogen) atoms. The Morgan fingerprint density at radius 2 is 1.96 bits per heavy atom. The highest BCUT2D eigenvalue weighted by Crippen LogP contribution is 2.31. The van der Waals surface area contributed by atoms with Gasteiger partial charge in [0, 0.05) is 35.9 Å². The van der Waals surface area contributed by atoms with Gasteiger partial charge >= 0.3 is 6.18 Å². The van der Waals surface area contributed by atoms with Crippen LogP contribution in [-0.2, 0) is 32.2 Å². The molecule has 1 aromatic carbocycles. The molecule has 2 heterocycles. The Morgan fingerprint density at radius 3 is 2.67 bits per heavy atom. The molecule has 1 N–H and O–H groups in total. The van der Waals surface area contributed by atoms with Crippen molar-refractivity contribution in [2.24, 2.45) is 0 Å². The van der Waals surface area contributed by atoms with Crippen LogP contribution < -0.4 is 5.32 Å². The van der Waals surface area contributed by atoms with Crippen LogP contribution in [0.3, 0.4) is 0 Å². The van der Waals surface area contributed by atoms with E-state index in [2.05, 4.69) is 11.4 Å². The maximum absolute atomic E-state index is 13.5. The van der Waals surface area contributed by atoms with Crippen LogP contribution in [0.15, 0.2) is 24.3 Å². The van der Waals surface area contributed by atoms with Crippen molar-refractivity contribution in [2.75, 3.05) is 13.6 Å². The molecule has 130 valence electrons. The second kappa shape index (κ2) is 6.82. The molecule has 0 fully saturated rings. The first-order valence-corrected chi connectivity index (χ1v) is 8.49. The third kappa shape index (κ3) is 4.15. The minimum absolute atomic E-state index is 0.266. The fourth-order valence-electron chi connectivity index (χ4n) is 2.93. The normalized spacial score (nSPS) is 14.9. The van der Waals surface area contributed by atoms with Crippen LogP contribution in [0.25, 0.3) is 0 Å².